The molecule has 5 atom stereocenters. The molecular formula is C29H43NO4S. The summed E-state index contributed by atoms with van der Waals surface area (Å²) in [7, 11) is -3.70. The van der Waals surface area contributed by atoms with Gasteiger partial charge in [0, 0.05) is 5.41 Å². The molecule has 1 aromatic rings. The van der Waals surface area contributed by atoms with E-state index in [1.807, 2.05) is 43.3 Å². The number of carbonyl (C=O) groups excluding carboxylic acids is 1. The molecule has 0 unspecified atom stereocenters. The molecule has 1 aliphatic heterocycles. The van der Waals surface area contributed by atoms with Crippen LogP contribution >= 0.6 is 0 Å². The highest BCUT2D eigenvalue weighted by atomic mass is 32.2. The molecule has 3 aliphatic rings. The Morgan fingerprint density at radius 3 is 2.57 bits per heavy atom. The Morgan fingerprint density at radius 1 is 1.20 bits per heavy atom. The smallest absolute Gasteiger partial charge is 0.242 e. The number of allylic oxidation sites excluding steroid dienone is 1. The van der Waals surface area contributed by atoms with Crippen LogP contribution in [0.2, 0.25) is 0 Å². The molecule has 2 aliphatic carbocycles. The second-order valence-corrected chi connectivity index (χ2v) is 13.7. The van der Waals surface area contributed by atoms with Crippen molar-refractivity contribution in [3.63, 3.8) is 0 Å². The van der Waals surface area contributed by atoms with Crippen LogP contribution < -0.4 is 0 Å². The number of amides is 1. The third kappa shape index (κ3) is 4.73. The van der Waals surface area contributed by atoms with E-state index < -0.39 is 28.0 Å². The van der Waals surface area contributed by atoms with Crippen LogP contribution in [0, 0.1) is 29.6 Å². The number of nitrogens with zero attached hydrogens (tertiary/aromatic N) is 1. The molecule has 1 N–H and O–H groups in total. The van der Waals surface area contributed by atoms with Gasteiger partial charge in [-0.3, -0.25) is 4.79 Å². The topological polar surface area (TPSA) is 74.7 Å². The third-order valence-electron chi connectivity index (χ3n) is 9.54. The Balaban J connectivity index is 1.57. The van der Waals surface area contributed by atoms with E-state index in [4.69, 9.17) is 0 Å². The van der Waals surface area contributed by atoms with E-state index >= 15 is 0 Å². The summed E-state index contributed by atoms with van der Waals surface area (Å²) in [6.45, 7) is 8.57. The van der Waals surface area contributed by atoms with Crippen molar-refractivity contribution in [2.75, 3.05) is 5.75 Å². The van der Waals surface area contributed by atoms with Crippen LogP contribution in [0.15, 0.2) is 30.3 Å². The van der Waals surface area contributed by atoms with Crippen molar-refractivity contribution in [3.8, 4) is 0 Å². The van der Waals surface area contributed by atoms with Crippen molar-refractivity contribution in [2.24, 2.45) is 22.7 Å². The van der Waals surface area contributed by atoms with Crippen molar-refractivity contribution >= 4 is 22.0 Å². The zero-order valence-electron chi connectivity index (χ0n) is 21.9. The maximum Gasteiger partial charge on any atom is 0.242 e. The number of fused-ring (bicyclic) bond motifs is 1. The number of aliphatic hydroxyl groups is 1. The molecule has 1 spiro atoms. The van der Waals surface area contributed by atoms with Gasteiger partial charge in [-0.2, -0.15) is 0 Å². The molecule has 4 rings (SSSR count). The fourth-order valence-corrected chi connectivity index (χ4v) is 9.76. The number of aliphatic hydroxyl groups excluding tert-OH is 1. The molecule has 0 radical (unpaired) electrons. The average Bonchev–Trinajstić information content (AvgIpc) is 3.28. The molecule has 1 heterocycles. The van der Waals surface area contributed by atoms with Gasteiger partial charge < -0.3 is 5.11 Å². The van der Waals surface area contributed by atoms with E-state index in [2.05, 4.69) is 20.8 Å². The Hall–Kier alpha value is -1.66. The molecule has 2 saturated carbocycles. The SMILES string of the molecule is CCCCCC[C@@H](O)[C@@H](C/C=C/c1ccc(C)cc1)C(=O)N1[C@H]2C[C@@H]3CC[C@@]2(CS1(=O)=O)C3(C)C. The van der Waals surface area contributed by atoms with Crippen LogP contribution in [-0.2, 0) is 14.8 Å². The molecule has 35 heavy (non-hydrogen) atoms. The Bertz CT molecular complexity index is 1040. The molecule has 5 nitrogen and oxygen atoms in total. The van der Waals surface area contributed by atoms with Crippen LogP contribution in [0.25, 0.3) is 6.08 Å². The lowest BCUT2D eigenvalue weighted by Gasteiger charge is -2.37. The summed E-state index contributed by atoms with van der Waals surface area (Å²) in [5.41, 5.74) is 1.78. The lowest BCUT2D eigenvalue weighted by atomic mass is 9.69. The summed E-state index contributed by atoms with van der Waals surface area (Å²) >= 11 is 0. The molecule has 1 amide bonds. The van der Waals surface area contributed by atoms with Gasteiger partial charge in [0.15, 0.2) is 0 Å². The quantitative estimate of drug-likeness (QED) is 0.417. The summed E-state index contributed by atoms with van der Waals surface area (Å²) in [5, 5.41) is 11.1. The number of hydrogen-bond donors (Lipinski definition) is 1. The van der Waals surface area contributed by atoms with Gasteiger partial charge in [-0.1, -0.05) is 88.4 Å². The number of carbonyl (C=O) groups is 1. The highest BCUT2D eigenvalue weighted by Gasteiger charge is 2.72. The molecule has 1 saturated heterocycles. The highest BCUT2D eigenvalue weighted by molar-refractivity contribution is 7.90. The average molecular weight is 502 g/mol. The van der Waals surface area contributed by atoms with Gasteiger partial charge in [-0.25, -0.2) is 12.7 Å². The summed E-state index contributed by atoms with van der Waals surface area (Å²) < 4.78 is 28.1. The van der Waals surface area contributed by atoms with Gasteiger partial charge in [-0.05, 0) is 55.9 Å². The van der Waals surface area contributed by atoms with Gasteiger partial charge in [0.25, 0.3) is 0 Å². The van der Waals surface area contributed by atoms with Crippen molar-refractivity contribution in [1.29, 1.82) is 0 Å². The minimum atomic E-state index is -3.70. The van der Waals surface area contributed by atoms with Gasteiger partial charge >= 0.3 is 0 Å². The molecule has 6 heteroatoms. The predicted octanol–water partition coefficient (Wildman–Crippen LogP) is 5.71. The zero-order chi connectivity index (χ0) is 25.4. The van der Waals surface area contributed by atoms with E-state index in [0.29, 0.717) is 18.8 Å². The lowest BCUT2D eigenvalue weighted by molar-refractivity contribution is -0.137. The van der Waals surface area contributed by atoms with Gasteiger partial charge in [0.1, 0.15) is 0 Å². The van der Waals surface area contributed by atoms with Gasteiger partial charge in [0.05, 0.1) is 23.8 Å². The van der Waals surface area contributed by atoms with Crippen molar-refractivity contribution in [3.05, 3.63) is 41.5 Å². The van der Waals surface area contributed by atoms with Crippen LogP contribution in [0.4, 0.5) is 0 Å². The van der Waals surface area contributed by atoms with Crippen molar-refractivity contribution < 1.29 is 18.3 Å². The molecule has 0 aromatic heterocycles. The van der Waals surface area contributed by atoms with Gasteiger partial charge in [0.2, 0.25) is 15.9 Å². The Kier molecular flexibility index (Phi) is 7.55. The number of rotatable bonds is 10. The number of hydrogen-bond acceptors (Lipinski definition) is 4. The summed E-state index contributed by atoms with van der Waals surface area (Å²) in [4.78, 5) is 14.0. The molecule has 194 valence electrons. The number of sulfonamides is 1. The van der Waals surface area contributed by atoms with E-state index in [0.717, 1.165) is 50.5 Å². The predicted molar refractivity (Wildman–Crippen MR) is 141 cm³/mol. The maximum atomic E-state index is 14.0. The summed E-state index contributed by atoms with van der Waals surface area (Å²) in [6, 6.07) is 7.87. The third-order valence-corrected chi connectivity index (χ3v) is 11.5. The van der Waals surface area contributed by atoms with E-state index in [-0.39, 0.29) is 22.6 Å². The normalized spacial score (nSPS) is 30.0. The standard InChI is InChI=1S/C29H43NO4S/c1-5-6-7-8-12-25(31)24(11-9-10-22-15-13-21(2)14-16-22)27(32)30-26-19-23-17-18-29(26,28(23,3)4)20-35(30,33)34/h9-10,13-16,23-26,31H,5-8,11-12,17-20H2,1-4H3/b10-9+/t23-,24+,25+,26-,29-/m0/s1. The number of benzene rings is 1. The van der Waals surface area contributed by atoms with E-state index in [1.54, 1.807) is 0 Å². The Morgan fingerprint density at radius 2 is 1.91 bits per heavy atom. The van der Waals surface area contributed by atoms with E-state index in [9.17, 15) is 18.3 Å². The van der Waals surface area contributed by atoms with Gasteiger partial charge in [-0.15, -0.1) is 0 Å². The van der Waals surface area contributed by atoms with Crippen LogP contribution in [-0.4, -0.2) is 41.6 Å². The second kappa shape index (κ2) is 10.0. The maximum absolute atomic E-state index is 14.0. The monoisotopic (exact) mass is 501 g/mol. The second-order valence-electron chi connectivity index (χ2n) is 11.8. The summed E-state index contributed by atoms with van der Waals surface area (Å²) in [5.74, 6) is -0.618. The fraction of sp³-hybridized carbons (Fsp3) is 0.690. The first-order valence-electron chi connectivity index (χ1n) is 13.5. The molecule has 1 aromatic carbocycles. The first kappa shape index (κ1) is 26.4. The van der Waals surface area contributed by atoms with E-state index in [1.165, 1.54) is 9.87 Å². The fourth-order valence-electron chi connectivity index (χ4n) is 7.17. The first-order chi connectivity index (χ1) is 16.5. The van der Waals surface area contributed by atoms with Crippen molar-refractivity contribution in [2.45, 2.75) is 97.6 Å². The first-order valence-corrected chi connectivity index (χ1v) is 15.1. The molecular weight excluding hydrogens is 458 g/mol. The van der Waals surface area contributed by atoms with Crippen molar-refractivity contribution in [1.82, 2.24) is 4.31 Å². The minimum absolute atomic E-state index is 0.0679. The molecule has 3 fully saturated rings. The highest BCUT2D eigenvalue weighted by Crippen LogP contribution is 2.70. The largest absolute Gasteiger partial charge is 0.392 e. The van der Waals surface area contributed by atoms with Crippen LogP contribution in [0.1, 0.15) is 89.7 Å². The number of unbranched alkanes of at least 4 members (excludes halogenated alkanes) is 3. The van der Waals surface area contributed by atoms with Crippen LogP contribution in [0.3, 0.4) is 0 Å². The zero-order valence-corrected chi connectivity index (χ0v) is 22.7. The lowest BCUT2D eigenvalue weighted by Crippen LogP contribution is -2.48. The van der Waals surface area contributed by atoms with Crippen LogP contribution in [0.5, 0.6) is 0 Å². The number of aryl methyl sites for hydroxylation is 1. The summed E-state index contributed by atoms with van der Waals surface area (Å²) in [6.07, 6.45) is 10.6. The molecule has 2 bridgehead atoms. The minimum Gasteiger partial charge on any atom is -0.392 e. The Labute approximate surface area is 212 Å².